The molecule has 1 aliphatic rings. The molecule has 0 bridgehead atoms. The first-order chi connectivity index (χ1) is 10.6. The Morgan fingerprint density at radius 1 is 1.35 bits per heavy atom. The van der Waals surface area contributed by atoms with Gasteiger partial charge in [0.15, 0.2) is 0 Å². The van der Waals surface area contributed by atoms with E-state index < -0.39 is 0 Å². The minimum absolute atomic E-state index is 0. The minimum Gasteiger partial charge on any atom is -0.338 e. The fraction of sp³-hybridized carbons (Fsp3) is 0.438. The molecule has 0 saturated carbocycles. The number of benzene rings is 1. The Labute approximate surface area is 156 Å². The molecule has 0 unspecified atom stereocenters. The van der Waals surface area contributed by atoms with E-state index in [4.69, 9.17) is 23.2 Å². The molecule has 1 aliphatic heterocycles. The highest BCUT2D eigenvalue weighted by Crippen LogP contribution is 2.37. The summed E-state index contributed by atoms with van der Waals surface area (Å²) in [6.07, 6.45) is 2.09. The number of thiophene rings is 1. The monoisotopic (exact) mass is 392 g/mol. The van der Waals surface area contributed by atoms with Crippen LogP contribution in [0, 0.1) is 5.92 Å². The first-order valence-corrected chi connectivity index (χ1v) is 8.99. The third-order valence-corrected chi connectivity index (χ3v) is 6.06. The molecule has 1 aromatic heterocycles. The fourth-order valence-electron chi connectivity index (χ4n) is 2.95. The van der Waals surface area contributed by atoms with Gasteiger partial charge in [-0.1, -0.05) is 29.3 Å². The fourth-order valence-corrected chi connectivity index (χ4v) is 4.71. The van der Waals surface area contributed by atoms with E-state index in [1.54, 1.807) is 6.07 Å². The molecule has 126 valence electrons. The maximum atomic E-state index is 12.7. The third kappa shape index (κ3) is 3.94. The third-order valence-electron chi connectivity index (χ3n) is 4.18. The molecule has 0 spiro atoms. The van der Waals surface area contributed by atoms with Crippen LogP contribution in [0.15, 0.2) is 18.2 Å². The van der Waals surface area contributed by atoms with Gasteiger partial charge in [-0.3, -0.25) is 4.79 Å². The normalized spacial score (nSPS) is 15.7. The van der Waals surface area contributed by atoms with Gasteiger partial charge in [0.05, 0.1) is 5.02 Å². The zero-order chi connectivity index (χ0) is 15.7. The topological polar surface area (TPSA) is 32.3 Å². The summed E-state index contributed by atoms with van der Waals surface area (Å²) in [6.45, 7) is 2.62. The van der Waals surface area contributed by atoms with Gasteiger partial charge in [-0.2, -0.15) is 0 Å². The lowest BCUT2D eigenvalue weighted by Gasteiger charge is -2.31. The van der Waals surface area contributed by atoms with Crippen molar-refractivity contribution in [3.63, 3.8) is 0 Å². The van der Waals surface area contributed by atoms with Crippen LogP contribution in [0.4, 0.5) is 0 Å². The molecule has 0 atom stereocenters. The van der Waals surface area contributed by atoms with Crippen LogP contribution >= 0.6 is 46.9 Å². The molecule has 2 heterocycles. The summed E-state index contributed by atoms with van der Waals surface area (Å²) in [4.78, 5) is 15.3. The molecular weight excluding hydrogens is 375 g/mol. The van der Waals surface area contributed by atoms with Crippen molar-refractivity contribution in [1.82, 2.24) is 10.2 Å². The highest BCUT2D eigenvalue weighted by molar-refractivity contribution is 7.21. The van der Waals surface area contributed by atoms with Crippen LogP contribution in [0.25, 0.3) is 10.1 Å². The number of hydrogen-bond donors (Lipinski definition) is 1. The largest absolute Gasteiger partial charge is 0.338 e. The summed E-state index contributed by atoms with van der Waals surface area (Å²) < 4.78 is 0.964. The molecule has 1 amide bonds. The molecule has 0 radical (unpaired) electrons. The Balaban J connectivity index is 0.00000192. The second kappa shape index (κ2) is 8.04. The van der Waals surface area contributed by atoms with Crippen molar-refractivity contribution in [2.45, 2.75) is 12.8 Å². The SMILES string of the molecule is CNCC1CCN(C(=O)c2sc3cc(Cl)ccc3c2Cl)CC1.Cl. The number of nitrogens with zero attached hydrogens (tertiary/aromatic N) is 1. The van der Waals surface area contributed by atoms with Gasteiger partial charge in [-0.05, 0) is 44.5 Å². The quantitative estimate of drug-likeness (QED) is 0.819. The minimum atomic E-state index is 0. The Bertz CT molecular complexity index is 696. The van der Waals surface area contributed by atoms with E-state index in [0.29, 0.717) is 20.8 Å². The lowest BCUT2D eigenvalue weighted by atomic mass is 9.97. The number of amides is 1. The number of rotatable bonds is 3. The van der Waals surface area contributed by atoms with E-state index in [1.807, 2.05) is 24.1 Å². The Hall–Kier alpha value is -0.520. The van der Waals surface area contributed by atoms with Gasteiger partial charge >= 0.3 is 0 Å². The van der Waals surface area contributed by atoms with Crippen LogP contribution in [-0.2, 0) is 0 Å². The average Bonchev–Trinajstić information content (AvgIpc) is 2.84. The summed E-state index contributed by atoms with van der Waals surface area (Å²) in [7, 11) is 1.97. The lowest BCUT2D eigenvalue weighted by molar-refractivity contribution is 0.0696. The molecule has 1 N–H and O–H groups in total. The predicted molar refractivity (Wildman–Crippen MR) is 102 cm³/mol. The van der Waals surface area contributed by atoms with Gasteiger partial charge < -0.3 is 10.2 Å². The zero-order valence-corrected chi connectivity index (χ0v) is 15.9. The average molecular weight is 394 g/mol. The van der Waals surface area contributed by atoms with E-state index in [9.17, 15) is 4.79 Å². The van der Waals surface area contributed by atoms with Crippen molar-refractivity contribution in [2.75, 3.05) is 26.7 Å². The number of likely N-dealkylation sites (tertiary alicyclic amines) is 1. The van der Waals surface area contributed by atoms with Gasteiger partial charge in [-0.25, -0.2) is 0 Å². The second-order valence-electron chi connectivity index (χ2n) is 5.68. The van der Waals surface area contributed by atoms with Crippen molar-refractivity contribution < 1.29 is 4.79 Å². The van der Waals surface area contributed by atoms with Crippen LogP contribution in [0.3, 0.4) is 0 Å². The number of nitrogens with one attached hydrogen (secondary N) is 1. The van der Waals surface area contributed by atoms with E-state index in [1.165, 1.54) is 11.3 Å². The van der Waals surface area contributed by atoms with Crippen LogP contribution in [0.1, 0.15) is 22.5 Å². The molecule has 23 heavy (non-hydrogen) atoms. The zero-order valence-electron chi connectivity index (χ0n) is 12.8. The molecule has 3 rings (SSSR count). The van der Waals surface area contributed by atoms with Crippen molar-refractivity contribution in [3.8, 4) is 0 Å². The molecule has 1 saturated heterocycles. The molecule has 1 aromatic carbocycles. The maximum absolute atomic E-state index is 12.7. The number of halogens is 3. The summed E-state index contributed by atoms with van der Waals surface area (Å²) >= 11 is 13.9. The maximum Gasteiger partial charge on any atom is 0.265 e. The number of fused-ring (bicyclic) bond motifs is 1. The molecule has 3 nitrogen and oxygen atoms in total. The van der Waals surface area contributed by atoms with Crippen LogP contribution in [-0.4, -0.2) is 37.5 Å². The predicted octanol–water partition coefficient (Wildman–Crippen LogP) is 4.70. The standard InChI is InChI=1S/C16H18Cl2N2OS.ClH/c1-19-9-10-4-6-20(7-5-10)16(21)15-14(18)12-3-2-11(17)8-13(12)22-15;/h2-3,8,10,19H,4-7,9H2,1H3;1H. The van der Waals surface area contributed by atoms with E-state index in [-0.39, 0.29) is 18.3 Å². The smallest absolute Gasteiger partial charge is 0.265 e. The number of carbonyl (C=O) groups is 1. The first kappa shape index (κ1) is 18.8. The Morgan fingerprint density at radius 3 is 2.70 bits per heavy atom. The summed E-state index contributed by atoms with van der Waals surface area (Å²) in [5, 5.41) is 5.34. The van der Waals surface area contributed by atoms with Gasteiger partial charge in [0.1, 0.15) is 4.88 Å². The lowest BCUT2D eigenvalue weighted by Crippen LogP contribution is -2.40. The number of hydrogen-bond acceptors (Lipinski definition) is 3. The van der Waals surface area contributed by atoms with Crippen molar-refractivity contribution in [1.29, 1.82) is 0 Å². The first-order valence-electron chi connectivity index (χ1n) is 7.41. The van der Waals surface area contributed by atoms with Gasteiger partial charge in [0, 0.05) is 28.2 Å². The highest BCUT2D eigenvalue weighted by Gasteiger charge is 2.26. The van der Waals surface area contributed by atoms with Crippen molar-refractivity contribution in [3.05, 3.63) is 33.1 Å². The summed E-state index contributed by atoms with van der Waals surface area (Å²) in [5.74, 6) is 0.705. The van der Waals surface area contributed by atoms with Gasteiger partial charge in [0.2, 0.25) is 0 Å². The highest BCUT2D eigenvalue weighted by atomic mass is 35.5. The van der Waals surface area contributed by atoms with Gasteiger partial charge in [-0.15, -0.1) is 23.7 Å². The van der Waals surface area contributed by atoms with Crippen LogP contribution < -0.4 is 5.32 Å². The second-order valence-corrected chi connectivity index (χ2v) is 7.55. The van der Waals surface area contributed by atoms with E-state index in [2.05, 4.69) is 5.32 Å². The van der Waals surface area contributed by atoms with E-state index >= 15 is 0 Å². The van der Waals surface area contributed by atoms with E-state index in [0.717, 1.165) is 42.6 Å². The molecule has 7 heteroatoms. The van der Waals surface area contributed by atoms with Crippen molar-refractivity contribution >= 4 is 62.9 Å². The van der Waals surface area contributed by atoms with Gasteiger partial charge in [0.25, 0.3) is 5.91 Å². The Kier molecular flexibility index (Phi) is 6.57. The van der Waals surface area contributed by atoms with Crippen LogP contribution in [0.2, 0.25) is 10.0 Å². The number of carbonyl (C=O) groups excluding carboxylic acids is 1. The molecule has 1 fully saturated rings. The molecule has 0 aliphatic carbocycles. The Morgan fingerprint density at radius 2 is 2.04 bits per heavy atom. The molecular formula is C16H19Cl3N2OS. The van der Waals surface area contributed by atoms with Crippen molar-refractivity contribution in [2.24, 2.45) is 5.92 Å². The van der Waals surface area contributed by atoms with Crippen LogP contribution in [0.5, 0.6) is 0 Å². The molecule has 2 aromatic rings. The summed E-state index contributed by atoms with van der Waals surface area (Å²) in [5.41, 5.74) is 0. The number of piperidine rings is 1. The summed E-state index contributed by atoms with van der Waals surface area (Å²) in [6, 6.07) is 5.55.